The van der Waals surface area contributed by atoms with Crippen LogP contribution in [0.5, 0.6) is 0 Å². The molecule has 0 aromatic heterocycles. The fraction of sp³-hybridized carbons (Fsp3) is 0.353. The van der Waals surface area contributed by atoms with Crippen molar-refractivity contribution in [2.24, 2.45) is 0 Å². The second kappa shape index (κ2) is 4.91. The van der Waals surface area contributed by atoms with Crippen LogP contribution in [0.1, 0.15) is 32.6 Å². The van der Waals surface area contributed by atoms with Gasteiger partial charge in [-0.25, -0.2) is 5.06 Å². The monoisotopic (exact) mass is 269 g/mol. The first-order valence-corrected chi connectivity index (χ1v) is 7.13. The fourth-order valence-corrected chi connectivity index (χ4v) is 3.02. The Hall–Kier alpha value is -1.87. The number of carbonyl (C=O) groups excluding carboxylic acids is 1. The molecule has 0 bridgehead atoms. The predicted molar refractivity (Wildman–Crippen MR) is 78.8 cm³/mol. The molecule has 0 aliphatic heterocycles. The van der Waals surface area contributed by atoms with Gasteiger partial charge in [-0.3, -0.25) is 10.0 Å². The number of para-hydroxylation sites is 1. The Bertz CT molecular complexity index is 588. The number of hydroxylamine groups is 1. The molecular formula is C17H19NO2. The van der Waals surface area contributed by atoms with Gasteiger partial charge in [0.05, 0.1) is 5.69 Å². The van der Waals surface area contributed by atoms with Gasteiger partial charge >= 0.3 is 0 Å². The number of hydrogen-bond donors (Lipinski definition) is 1. The first-order valence-electron chi connectivity index (χ1n) is 7.13. The van der Waals surface area contributed by atoms with Crippen molar-refractivity contribution in [1.29, 1.82) is 0 Å². The minimum atomic E-state index is -1.00. The van der Waals surface area contributed by atoms with Crippen molar-refractivity contribution >= 4 is 11.5 Å². The van der Waals surface area contributed by atoms with E-state index < -0.39 is 5.54 Å². The van der Waals surface area contributed by atoms with Crippen molar-refractivity contribution in [2.75, 3.05) is 5.06 Å². The largest absolute Gasteiger partial charge is 0.291 e. The molecule has 104 valence electrons. The second-order valence-electron chi connectivity index (χ2n) is 5.67. The van der Waals surface area contributed by atoms with Crippen LogP contribution in [0.4, 0.5) is 5.69 Å². The SMILES string of the molecule is CC1(N(O)c2ccccc2)C=CC2=C(CCCC2)C1=O. The summed E-state index contributed by atoms with van der Waals surface area (Å²) in [5.74, 6) is 0.0288. The summed E-state index contributed by atoms with van der Waals surface area (Å²) in [5, 5.41) is 11.6. The van der Waals surface area contributed by atoms with Crippen molar-refractivity contribution in [3.05, 3.63) is 53.6 Å². The molecule has 1 aromatic carbocycles. The lowest BCUT2D eigenvalue weighted by molar-refractivity contribution is -0.120. The zero-order chi connectivity index (χ0) is 14.2. The molecule has 0 spiro atoms. The number of benzene rings is 1. The van der Waals surface area contributed by atoms with Gasteiger partial charge in [0, 0.05) is 5.57 Å². The zero-order valence-electron chi connectivity index (χ0n) is 11.7. The van der Waals surface area contributed by atoms with Gasteiger partial charge in [-0.05, 0) is 56.4 Å². The maximum Gasteiger partial charge on any atom is 0.190 e. The van der Waals surface area contributed by atoms with Crippen LogP contribution in [0.25, 0.3) is 0 Å². The van der Waals surface area contributed by atoms with Crippen LogP contribution < -0.4 is 5.06 Å². The van der Waals surface area contributed by atoms with Crippen molar-refractivity contribution in [1.82, 2.24) is 0 Å². The molecule has 3 rings (SSSR count). The van der Waals surface area contributed by atoms with Crippen LogP contribution in [0.2, 0.25) is 0 Å². The molecule has 1 atom stereocenters. The maximum absolute atomic E-state index is 12.8. The van der Waals surface area contributed by atoms with Gasteiger partial charge < -0.3 is 0 Å². The molecule has 0 fully saturated rings. The van der Waals surface area contributed by atoms with E-state index in [0.717, 1.165) is 41.9 Å². The quantitative estimate of drug-likeness (QED) is 0.833. The Morgan fingerprint density at radius 2 is 1.85 bits per heavy atom. The molecule has 0 heterocycles. The van der Waals surface area contributed by atoms with E-state index in [2.05, 4.69) is 0 Å². The Labute approximate surface area is 119 Å². The lowest BCUT2D eigenvalue weighted by atomic mass is 9.77. The van der Waals surface area contributed by atoms with Crippen molar-refractivity contribution < 1.29 is 10.0 Å². The molecular weight excluding hydrogens is 250 g/mol. The van der Waals surface area contributed by atoms with E-state index in [9.17, 15) is 10.0 Å². The van der Waals surface area contributed by atoms with Crippen molar-refractivity contribution in [3.63, 3.8) is 0 Å². The Morgan fingerprint density at radius 3 is 2.60 bits per heavy atom. The van der Waals surface area contributed by atoms with E-state index in [1.165, 1.54) is 0 Å². The predicted octanol–water partition coefficient (Wildman–Crippen LogP) is 3.65. The molecule has 0 amide bonds. The Kier molecular flexibility index (Phi) is 3.22. The number of nitrogens with zero attached hydrogens (tertiary/aromatic N) is 1. The molecule has 0 saturated carbocycles. The van der Waals surface area contributed by atoms with Gasteiger partial charge in [-0.15, -0.1) is 0 Å². The van der Waals surface area contributed by atoms with Crippen LogP contribution in [0, 0.1) is 0 Å². The van der Waals surface area contributed by atoms with Crippen molar-refractivity contribution in [3.8, 4) is 0 Å². The lowest BCUT2D eigenvalue weighted by Gasteiger charge is -2.38. The van der Waals surface area contributed by atoms with Gasteiger partial charge in [0.25, 0.3) is 0 Å². The van der Waals surface area contributed by atoms with Crippen LogP contribution in [0.3, 0.4) is 0 Å². The summed E-state index contributed by atoms with van der Waals surface area (Å²) in [6, 6.07) is 9.20. The third-order valence-electron chi connectivity index (χ3n) is 4.29. The highest BCUT2D eigenvalue weighted by Gasteiger charge is 2.42. The molecule has 20 heavy (non-hydrogen) atoms. The topological polar surface area (TPSA) is 40.5 Å². The highest BCUT2D eigenvalue weighted by atomic mass is 16.5. The molecule has 2 aliphatic carbocycles. The van der Waals surface area contributed by atoms with Crippen LogP contribution >= 0.6 is 0 Å². The third kappa shape index (κ3) is 1.98. The lowest BCUT2D eigenvalue weighted by Crippen LogP contribution is -2.51. The van der Waals surface area contributed by atoms with E-state index in [1.54, 1.807) is 19.1 Å². The number of allylic oxidation sites excluding steroid dienone is 2. The van der Waals surface area contributed by atoms with Crippen LogP contribution in [-0.2, 0) is 4.79 Å². The smallest absolute Gasteiger partial charge is 0.190 e. The minimum Gasteiger partial charge on any atom is -0.291 e. The summed E-state index contributed by atoms with van der Waals surface area (Å²) in [5.41, 5.74) is 1.68. The molecule has 1 unspecified atom stereocenters. The number of ketones is 1. The standard InChI is InChI=1S/C17H19NO2/c1-17(18(20)14-8-3-2-4-9-14)12-11-13-7-5-6-10-15(13)16(17)19/h2-4,8-9,11-12,20H,5-7,10H2,1H3. The number of hydrogen-bond acceptors (Lipinski definition) is 3. The molecule has 0 radical (unpaired) electrons. The number of anilines is 1. The molecule has 1 N–H and O–H groups in total. The van der Waals surface area contributed by atoms with Gasteiger partial charge in [-0.1, -0.05) is 24.3 Å². The van der Waals surface area contributed by atoms with E-state index >= 15 is 0 Å². The van der Waals surface area contributed by atoms with Crippen LogP contribution in [0.15, 0.2) is 53.6 Å². The number of Topliss-reactive ketones (excluding diaryl/α,β-unsaturated/α-hetero) is 1. The third-order valence-corrected chi connectivity index (χ3v) is 4.29. The summed E-state index contributed by atoms with van der Waals surface area (Å²) >= 11 is 0. The van der Waals surface area contributed by atoms with Gasteiger partial charge in [0.1, 0.15) is 5.54 Å². The number of carbonyl (C=O) groups is 1. The average molecular weight is 269 g/mol. The van der Waals surface area contributed by atoms with Crippen molar-refractivity contribution in [2.45, 2.75) is 38.1 Å². The molecule has 0 saturated heterocycles. The fourth-order valence-electron chi connectivity index (χ4n) is 3.02. The molecule has 3 nitrogen and oxygen atoms in total. The Morgan fingerprint density at radius 1 is 1.15 bits per heavy atom. The summed E-state index contributed by atoms with van der Waals surface area (Å²) in [7, 11) is 0. The minimum absolute atomic E-state index is 0.0288. The highest BCUT2D eigenvalue weighted by molar-refractivity contribution is 6.08. The summed E-state index contributed by atoms with van der Waals surface area (Å²) in [6.45, 7) is 1.78. The zero-order valence-corrected chi connectivity index (χ0v) is 11.7. The van der Waals surface area contributed by atoms with Crippen LogP contribution in [-0.4, -0.2) is 16.5 Å². The van der Waals surface area contributed by atoms with E-state index in [1.807, 2.05) is 30.4 Å². The number of rotatable bonds is 2. The van der Waals surface area contributed by atoms with Gasteiger partial charge in [0.2, 0.25) is 0 Å². The molecule has 1 aromatic rings. The van der Waals surface area contributed by atoms with E-state index in [-0.39, 0.29) is 5.78 Å². The summed E-state index contributed by atoms with van der Waals surface area (Å²) in [6.07, 6.45) is 7.86. The van der Waals surface area contributed by atoms with Gasteiger partial charge in [-0.2, -0.15) is 0 Å². The first-order chi connectivity index (χ1) is 9.63. The normalized spacial score (nSPS) is 25.6. The van der Waals surface area contributed by atoms with Gasteiger partial charge in [0.15, 0.2) is 5.78 Å². The van der Waals surface area contributed by atoms with E-state index in [4.69, 9.17) is 0 Å². The highest BCUT2D eigenvalue weighted by Crippen LogP contribution is 2.37. The summed E-state index contributed by atoms with van der Waals surface area (Å²) < 4.78 is 0. The maximum atomic E-state index is 12.8. The first kappa shape index (κ1) is 13.1. The molecule has 2 aliphatic rings. The average Bonchev–Trinajstić information content (AvgIpc) is 2.51. The molecule has 3 heteroatoms. The summed E-state index contributed by atoms with van der Waals surface area (Å²) in [4.78, 5) is 12.8. The second-order valence-corrected chi connectivity index (χ2v) is 5.67. The van der Waals surface area contributed by atoms with E-state index in [0.29, 0.717) is 5.69 Å². The Balaban J connectivity index is 1.96.